The average Bonchev–Trinajstić information content (AvgIpc) is 3.20. The Morgan fingerprint density at radius 3 is 2.30 bits per heavy atom. The van der Waals surface area contributed by atoms with Gasteiger partial charge in [-0.15, -0.1) is 0 Å². The zero-order chi connectivity index (χ0) is 21.7. The van der Waals surface area contributed by atoms with Crippen molar-refractivity contribution in [1.29, 1.82) is 0 Å². The molecule has 1 saturated carbocycles. The smallest absolute Gasteiger partial charge is 0.265 e. The lowest BCUT2D eigenvalue weighted by Crippen LogP contribution is -2.17. The third-order valence-corrected chi connectivity index (χ3v) is 7.11. The van der Waals surface area contributed by atoms with Gasteiger partial charge in [-0.2, -0.15) is 0 Å². The predicted octanol–water partition coefficient (Wildman–Crippen LogP) is 4.79. The topological polar surface area (TPSA) is 93.7 Å². The normalized spacial score (nSPS) is 14.4. The van der Waals surface area contributed by atoms with Crippen LogP contribution in [0.2, 0.25) is 0 Å². The minimum Gasteiger partial charge on any atom is -0.496 e. The number of halogens is 1. The highest BCUT2D eigenvalue weighted by Gasteiger charge is 2.22. The van der Waals surface area contributed by atoms with E-state index in [1.807, 2.05) is 0 Å². The van der Waals surface area contributed by atoms with Gasteiger partial charge in [-0.3, -0.25) is 9.52 Å². The van der Waals surface area contributed by atoms with Gasteiger partial charge in [-0.05, 0) is 71.1 Å². The summed E-state index contributed by atoms with van der Waals surface area (Å²) in [6, 6.07) is 9.43. The van der Waals surface area contributed by atoms with Crippen LogP contribution in [-0.4, -0.2) is 28.5 Å². The van der Waals surface area contributed by atoms with E-state index in [0.717, 1.165) is 25.7 Å². The van der Waals surface area contributed by atoms with Crippen LogP contribution in [0.3, 0.4) is 0 Å². The molecule has 0 aromatic heterocycles. The summed E-state index contributed by atoms with van der Waals surface area (Å²) >= 11 is 3.34. The summed E-state index contributed by atoms with van der Waals surface area (Å²) in [7, 11) is -1.03. The van der Waals surface area contributed by atoms with Crippen LogP contribution in [0.4, 0.5) is 11.4 Å². The van der Waals surface area contributed by atoms with Crippen LogP contribution in [0.25, 0.3) is 0 Å². The molecule has 0 bridgehead atoms. The molecule has 7 nitrogen and oxygen atoms in total. The van der Waals surface area contributed by atoms with E-state index in [2.05, 4.69) is 26.0 Å². The molecular formula is C21H25BrN2O5S. The Labute approximate surface area is 185 Å². The highest BCUT2D eigenvalue weighted by Crippen LogP contribution is 2.32. The largest absolute Gasteiger partial charge is 0.496 e. The number of ether oxygens (including phenoxy) is 2. The van der Waals surface area contributed by atoms with Crippen LogP contribution in [0.5, 0.6) is 11.5 Å². The summed E-state index contributed by atoms with van der Waals surface area (Å²) in [4.78, 5) is 12.3. The first-order valence-corrected chi connectivity index (χ1v) is 11.9. The second-order valence-corrected chi connectivity index (χ2v) is 9.73. The number of benzene rings is 2. The van der Waals surface area contributed by atoms with Crippen molar-refractivity contribution in [3.05, 3.63) is 40.9 Å². The molecule has 162 valence electrons. The highest BCUT2D eigenvalue weighted by atomic mass is 79.9. The Kier molecular flexibility index (Phi) is 7.25. The Bertz CT molecular complexity index is 1020. The molecule has 3 rings (SSSR count). The van der Waals surface area contributed by atoms with Crippen molar-refractivity contribution in [3.8, 4) is 11.5 Å². The van der Waals surface area contributed by atoms with E-state index in [1.54, 1.807) is 24.3 Å². The minimum absolute atomic E-state index is 0.0596. The zero-order valence-corrected chi connectivity index (χ0v) is 19.3. The van der Waals surface area contributed by atoms with Gasteiger partial charge >= 0.3 is 0 Å². The van der Waals surface area contributed by atoms with E-state index in [0.29, 0.717) is 33.9 Å². The molecule has 0 radical (unpaired) electrons. The zero-order valence-electron chi connectivity index (χ0n) is 16.9. The summed E-state index contributed by atoms with van der Waals surface area (Å²) in [5.41, 5.74) is 0.774. The number of anilines is 2. The molecule has 0 aliphatic heterocycles. The van der Waals surface area contributed by atoms with Crippen molar-refractivity contribution in [2.45, 2.75) is 37.0 Å². The Balaban J connectivity index is 1.81. The van der Waals surface area contributed by atoms with E-state index in [1.165, 1.54) is 26.4 Å². The first-order chi connectivity index (χ1) is 14.3. The quantitative estimate of drug-likeness (QED) is 0.547. The molecule has 1 fully saturated rings. The van der Waals surface area contributed by atoms with Crippen LogP contribution in [0.1, 0.15) is 32.1 Å². The average molecular weight is 497 g/mol. The molecule has 0 unspecified atom stereocenters. The Morgan fingerprint density at radius 2 is 1.67 bits per heavy atom. The second-order valence-electron chi connectivity index (χ2n) is 7.22. The number of rotatable bonds is 8. The first-order valence-electron chi connectivity index (χ1n) is 9.66. The van der Waals surface area contributed by atoms with Gasteiger partial charge in [-0.1, -0.05) is 12.8 Å². The number of hydrogen-bond donors (Lipinski definition) is 2. The van der Waals surface area contributed by atoms with Crippen molar-refractivity contribution in [1.82, 2.24) is 0 Å². The van der Waals surface area contributed by atoms with E-state index in [-0.39, 0.29) is 16.6 Å². The van der Waals surface area contributed by atoms with Gasteiger partial charge in [0.05, 0.1) is 24.4 Å². The van der Waals surface area contributed by atoms with Gasteiger partial charge in [0.15, 0.2) is 0 Å². The van der Waals surface area contributed by atoms with E-state index < -0.39 is 10.0 Å². The lowest BCUT2D eigenvalue weighted by molar-refractivity contribution is -0.117. The van der Waals surface area contributed by atoms with Crippen LogP contribution >= 0.6 is 15.9 Å². The van der Waals surface area contributed by atoms with Gasteiger partial charge in [0.25, 0.3) is 10.0 Å². The van der Waals surface area contributed by atoms with Crippen molar-refractivity contribution >= 4 is 43.2 Å². The summed E-state index contributed by atoms with van der Waals surface area (Å²) in [5.74, 6) is 1.07. The molecule has 2 aromatic carbocycles. The number of carbonyl (C=O) groups is 1. The highest BCUT2D eigenvalue weighted by molar-refractivity contribution is 9.10. The monoisotopic (exact) mass is 496 g/mol. The molecule has 0 atom stereocenters. The third kappa shape index (κ3) is 5.46. The molecule has 9 heteroatoms. The molecule has 30 heavy (non-hydrogen) atoms. The fourth-order valence-corrected chi connectivity index (χ4v) is 5.38. The van der Waals surface area contributed by atoms with Crippen molar-refractivity contribution < 1.29 is 22.7 Å². The molecular weight excluding hydrogens is 472 g/mol. The van der Waals surface area contributed by atoms with Gasteiger partial charge < -0.3 is 14.8 Å². The SMILES string of the molecule is COc1ccc(NS(=O)(=O)c2cc(NC(=O)CC3CCCC3)ccc2OC)cc1Br. The van der Waals surface area contributed by atoms with Crippen molar-refractivity contribution in [2.75, 3.05) is 24.3 Å². The number of amides is 1. The fraction of sp³-hybridized carbons (Fsp3) is 0.381. The molecule has 0 saturated heterocycles. The molecule has 0 heterocycles. The van der Waals surface area contributed by atoms with E-state index in [4.69, 9.17) is 9.47 Å². The second kappa shape index (κ2) is 9.70. The molecule has 0 spiro atoms. The van der Waals surface area contributed by atoms with Crippen LogP contribution in [0, 0.1) is 5.92 Å². The summed E-state index contributed by atoms with van der Waals surface area (Å²) in [6.07, 6.45) is 4.91. The number of hydrogen-bond acceptors (Lipinski definition) is 5. The van der Waals surface area contributed by atoms with Crippen LogP contribution in [-0.2, 0) is 14.8 Å². The lowest BCUT2D eigenvalue weighted by atomic mass is 10.0. The van der Waals surface area contributed by atoms with E-state index >= 15 is 0 Å². The maximum Gasteiger partial charge on any atom is 0.265 e. The molecule has 2 aromatic rings. The Hall–Kier alpha value is -2.26. The Morgan fingerprint density at radius 1 is 1.03 bits per heavy atom. The minimum atomic E-state index is -3.96. The summed E-state index contributed by atoms with van der Waals surface area (Å²) in [6.45, 7) is 0. The van der Waals surface area contributed by atoms with Gasteiger partial charge in [-0.25, -0.2) is 8.42 Å². The van der Waals surface area contributed by atoms with Crippen LogP contribution < -0.4 is 19.5 Å². The molecule has 2 N–H and O–H groups in total. The maximum absolute atomic E-state index is 13.0. The molecule has 1 aliphatic rings. The summed E-state index contributed by atoms with van der Waals surface area (Å²) < 4.78 is 39.6. The molecule has 1 amide bonds. The lowest BCUT2D eigenvalue weighted by Gasteiger charge is -2.15. The maximum atomic E-state index is 13.0. The number of nitrogens with one attached hydrogen (secondary N) is 2. The van der Waals surface area contributed by atoms with Crippen molar-refractivity contribution in [2.24, 2.45) is 5.92 Å². The number of sulfonamides is 1. The van der Waals surface area contributed by atoms with Gasteiger partial charge in [0.1, 0.15) is 16.4 Å². The third-order valence-electron chi connectivity index (χ3n) is 5.09. The van der Waals surface area contributed by atoms with E-state index in [9.17, 15) is 13.2 Å². The van der Waals surface area contributed by atoms with Gasteiger partial charge in [0, 0.05) is 12.1 Å². The standard InChI is InChI=1S/C21H25BrN2O5S/c1-28-18-9-8-16(12-17(18)22)24-30(26,27)20-13-15(7-10-19(20)29-2)23-21(25)11-14-5-3-4-6-14/h7-10,12-14,24H,3-6,11H2,1-2H3,(H,23,25). The molecule has 1 aliphatic carbocycles. The fourth-order valence-electron chi connectivity index (χ4n) is 3.59. The van der Waals surface area contributed by atoms with Gasteiger partial charge in [0.2, 0.25) is 5.91 Å². The number of carbonyl (C=O) groups excluding carboxylic acids is 1. The number of methoxy groups -OCH3 is 2. The first kappa shape index (κ1) is 22.4. The summed E-state index contributed by atoms with van der Waals surface area (Å²) in [5, 5.41) is 2.81. The predicted molar refractivity (Wildman–Crippen MR) is 120 cm³/mol. The van der Waals surface area contributed by atoms with Crippen LogP contribution in [0.15, 0.2) is 45.8 Å². The van der Waals surface area contributed by atoms with Crippen molar-refractivity contribution in [3.63, 3.8) is 0 Å².